The number of hydrogen-bond acceptors (Lipinski definition) is 9. The number of aliphatic hydroxyl groups excluding tert-OH is 6. The molecule has 9 nitrogen and oxygen atoms in total. The first kappa shape index (κ1) is 39.1. The number of esters is 1. The molecule has 44 heavy (non-hydrogen) atoms. The Morgan fingerprint density at radius 2 is 1.25 bits per heavy atom. The quantitative estimate of drug-likeness (QED) is 0.0573. The van der Waals surface area contributed by atoms with Gasteiger partial charge in [-0.05, 0) is 77.2 Å². The molecular formula is C35H64O9. The molecule has 0 saturated carbocycles. The summed E-state index contributed by atoms with van der Waals surface area (Å²) in [4.78, 5) is 11.7. The summed E-state index contributed by atoms with van der Waals surface area (Å²) < 4.78 is 11.1. The van der Waals surface area contributed by atoms with Gasteiger partial charge in [-0.25, -0.2) is 4.79 Å². The summed E-state index contributed by atoms with van der Waals surface area (Å²) in [6.45, 7) is 3.99. The Balaban J connectivity index is 1.50. The van der Waals surface area contributed by atoms with E-state index in [1.165, 1.54) is 51.4 Å². The van der Waals surface area contributed by atoms with E-state index in [2.05, 4.69) is 6.92 Å². The number of hydrogen-bond donors (Lipinski definition) is 6. The van der Waals surface area contributed by atoms with Crippen LogP contribution in [0.3, 0.4) is 0 Å². The van der Waals surface area contributed by atoms with E-state index in [0.29, 0.717) is 44.1 Å². The summed E-state index contributed by atoms with van der Waals surface area (Å²) >= 11 is 0. The zero-order valence-electron chi connectivity index (χ0n) is 27.5. The van der Waals surface area contributed by atoms with Crippen molar-refractivity contribution in [1.82, 2.24) is 0 Å². The van der Waals surface area contributed by atoms with Crippen LogP contribution in [0.1, 0.15) is 149 Å². The van der Waals surface area contributed by atoms with Gasteiger partial charge in [0.25, 0.3) is 0 Å². The predicted molar refractivity (Wildman–Crippen MR) is 171 cm³/mol. The first-order valence-corrected chi connectivity index (χ1v) is 17.8. The van der Waals surface area contributed by atoms with Crippen molar-refractivity contribution in [1.29, 1.82) is 0 Å². The Hall–Kier alpha value is -1.07. The minimum absolute atomic E-state index is 0.0190. The highest BCUT2D eigenvalue weighted by Crippen LogP contribution is 2.28. The Bertz CT molecular complexity index is 790. The highest BCUT2D eigenvalue weighted by atomic mass is 16.5. The fraction of sp³-hybridized carbons (Fsp3) is 0.914. The third kappa shape index (κ3) is 16.0. The van der Waals surface area contributed by atoms with Gasteiger partial charge < -0.3 is 40.1 Å². The van der Waals surface area contributed by atoms with E-state index in [9.17, 15) is 35.4 Å². The average molecular weight is 629 g/mol. The molecule has 0 aromatic heterocycles. The molecule has 0 bridgehead atoms. The molecule has 0 unspecified atom stereocenters. The molecule has 0 aromatic carbocycles. The molecule has 2 aliphatic rings. The van der Waals surface area contributed by atoms with Gasteiger partial charge in [0.05, 0.1) is 48.8 Å². The normalized spacial score (nSPS) is 24.5. The van der Waals surface area contributed by atoms with E-state index >= 15 is 0 Å². The number of ether oxygens (including phenoxy) is 2. The third-order valence-electron chi connectivity index (χ3n) is 9.34. The largest absolute Gasteiger partial charge is 0.455 e. The van der Waals surface area contributed by atoms with Crippen LogP contribution in [-0.2, 0) is 14.3 Å². The molecule has 6 N–H and O–H groups in total. The predicted octanol–water partition coefficient (Wildman–Crippen LogP) is 5.00. The lowest BCUT2D eigenvalue weighted by Gasteiger charge is -2.23. The second-order valence-electron chi connectivity index (χ2n) is 13.4. The molecule has 2 heterocycles. The number of cyclic esters (lactones) is 1. The van der Waals surface area contributed by atoms with Gasteiger partial charge in [-0.2, -0.15) is 0 Å². The van der Waals surface area contributed by atoms with Crippen LogP contribution < -0.4 is 0 Å². The van der Waals surface area contributed by atoms with E-state index < -0.39 is 42.6 Å². The standard InChI is InChI=1S/C35H64O9/c1-3-4-5-6-7-8-9-10-11-12-15-29(37)32(40)20-21-33(41)34-22-18-28(44-34)14-13-16-30(38)31(39)19-17-27(36)24-26-23-25(2)43-35(26)42/h23,25,27-34,36-41H,3-22,24H2,1-2H3/t25-,27+,28+,29+,30+,31+,32-,33-,34-/m0/s1. The lowest BCUT2D eigenvalue weighted by atomic mass is 9.97. The van der Waals surface area contributed by atoms with Crippen LogP contribution in [-0.4, -0.2) is 91.5 Å². The molecule has 258 valence electrons. The molecule has 0 radical (unpaired) electrons. The third-order valence-corrected chi connectivity index (χ3v) is 9.34. The molecular weight excluding hydrogens is 564 g/mol. The summed E-state index contributed by atoms with van der Waals surface area (Å²) in [6, 6.07) is 0. The first-order valence-electron chi connectivity index (χ1n) is 17.8. The summed E-state index contributed by atoms with van der Waals surface area (Å²) in [5, 5.41) is 62.3. The van der Waals surface area contributed by atoms with Crippen molar-refractivity contribution < 1.29 is 44.9 Å². The summed E-state index contributed by atoms with van der Waals surface area (Å²) in [5.74, 6) is -0.410. The van der Waals surface area contributed by atoms with Crippen molar-refractivity contribution in [3.05, 3.63) is 11.6 Å². The van der Waals surface area contributed by atoms with Gasteiger partial charge in [0.2, 0.25) is 0 Å². The Morgan fingerprint density at radius 1 is 0.705 bits per heavy atom. The van der Waals surface area contributed by atoms with Crippen molar-refractivity contribution in [2.24, 2.45) is 0 Å². The summed E-state index contributed by atoms with van der Waals surface area (Å²) in [6.07, 6.45) is 13.8. The zero-order valence-corrected chi connectivity index (χ0v) is 27.5. The van der Waals surface area contributed by atoms with Crippen LogP contribution in [0.15, 0.2) is 11.6 Å². The summed E-state index contributed by atoms with van der Waals surface area (Å²) in [5.41, 5.74) is 0.452. The fourth-order valence-corrected chi connectivity index (χ4v) is 6.42. The lowest BCUT2D eigenvalue weighted by molar-refractivity contribution is -0.139. The monoisotopic (exact) mass is 628 g/mol. The SMILES string of the molecule is CCCCCCCCCCCC[C@@H](O)[C@@H](O)CC[C@H](O)[C@@H]1CC[C@@H](CCC[C@@H](O)[C@H](O)CC[C@@H](O)CC2=C[C@H](C)OC2=O)O1. The minimum Gasteiger partial charge on any atom is -0.455 e. The number of rotatable bonds is 26. The average Bonchev–Trinajstić information content (AvgIpc) is 3.60. The van der Waals surface area contributed by atoms with Crippen molar-refractivity contribution in [3.63, 3.8) is 0 Å². The molecule has 9 heteroatoms. The maximum absolute atomic E-state index is 11.7. The van der Waals surface area contributed by atoms with Crippen molar-refractivity contribution in [2.45, 2.75) is 204 Å². The van der Waals surface area contributed by atoms with Gasteiger partial charge in [-0.15, -0.1) is 0 Å². The van der Waals surface area contributed by atoms with Crippen LogP contribution in [0.25, 0.3) is 0 Å². The number of unbranched alkanes of at least 4 members (excludes halogenated alkanes) is 9. The van der Waals surface area contributed by atoms with Gasteiger partial charge >= 0.3 is 5.97 Å². The van der Waals surface area contributed by atoms with E-state index in [1.54, 1.807) is 13.0 Å². The van der Waals surface area contributed by atoms with Crippen molar-refractivity contribution >= 4 is 5.97 Å². The number of carbonyl (C=O) groups is 1. The highest BCUT2D eigenvalue weighted by molar-refractivity contribution is 5.90. The van der Waals surface area contributed by atoms with E-state index in [1.807, 2.05) is 0 Å². The maximum atomic E-state index is 11.7. The number of aliphatic hydroxyl groups is 6. The second kappa shape index (κ2) is 22.5. The molecule has 2 aliphatic heterocycles. The van der Waals surface area contributed by atoms with Crippen LogP contribution >= 0.6 is 0 Å². The van der Waals surface area contributed by atoms with E-state index in [4.69, 9.17) is 9.47 Å². The summed E-state index contributed by atoms with van der Waals surface area (Å²) in [7, 11) is 0. The molecule has 1 saturated heterocycles. The van der Waals surface area contributed by atoms with Gasteiger partial charge in [-0.1, -0.05) is 71.1 Å². The van der Waals surface area contributed by atoms with Crippen molar-refractivity contribution in [2.75, 3.05) is 0 Å². The van der Waals surface area contributed by atoms with Crippen LogP contribution in [0.2, 0.25) is 0 Å². The van der Waals surface area contributed by atoms with Crippen molar-refractivity contribution in [3.8, 4) is 0 Å². The van der Waals surface area contributed by atoms with E-state index in [0.717, 1.165) is 25.7 Å². The topological polar surface area (TPSA) is 157 Å². The number of carbonyl (C=O) groups excluding carboxylic acids is 1. The van der Waals surface area contributed by atoms with Crippen LogP contribution in [0.5, 0.6) is 0 Å². The van der Waals surface area contributed by atoms with Gasteiger partial charge in [0.15, 0.2) is 0 Å². The molecule has 0 aliphatic carbocycles. The maximum Gasteiger partial charge on any atom is 0.334 e. The minimum atomic E-state index is -0.959. The van der Waals surface area contributed by atoms with Crippen LogP contribution in [0, 0.1) is 0 Å². The zero-order chi connectivity index (χ0) is 32.3. The first-order chi connectivity index (χ1) is 21.1. The molecule has 9 atom stereocenters. The van der Waals surface area contributed by atoms with E-state index in [-0.39, 0.29) is 37.6 Å². The molecule has 0 spiro atoms. The van der Waals surface area contributed by atoms with Gasteiger partial charge in [-0.3, -0.25) is 0 Å². The second-order valence-corrected chi connectivity index (χ2v) is 13.4. The van der Waals surface area contributed by atoms with Gasteiger partial charge in [0.1, 0.15) is 6.10 Å². The Kier molecular flexibility index (Phi) is 20.0. The molecule has 2 rings (SSSR count). The molecule has 0 amide bonds. The van der Waals surface area contributed by atoms with Gasteiger partial charge in [0, 0.05) is 12.0 Å². The Labute approximate surface area is 266 Å². The molecule has 0 aromatic rings. The molecule has 1 fully saturated rings. The smallest absolute Gasteiger partial charge is 0.334 e. The lowest BCUT2D eigenvalue weighted by Crippen LogP contribution is -2.31. The van der Waals surface area contributed by atoms with Crippen LogP contribution in [0.4, 0.5) is 0 Å². The highest BCUT2D eigenvalue weighted by Gasteiger charge is 2.31. The Morgan fingerprint density at radius 3 is 1.84 bits per heavy atom. The fourth-order valence-electron chi connectivity index (χ4n) is 6.42.